The van der Waals surface area contributed by atoms with E-state index >= 15 is 0 Å². The normalized spacial score (nSPS) is 11.1. The molecule has 0 atom stereocenters. The molecule has 2 amide bonds. The van der Waals surface area contributed by atoms with Gasteiger partial charge in [0, 0.05) is 18.1 Å². The lowest BCUT2D eigenvalue weighted by molar-refractivity contribution is -0.137. The molecule has 0 aromatic heterocycles. The lowest BCUT2D eigenvalue weighted by Crippen LogP contribution is -2.36. The fraction of sp³-hybridized carbons (Fsp3) is 0.273. The molecule has 1 aromatic rings. The monoisotopic (exact) mass is 328 g/mol. The van der Waals surface area contributed by atoms with Crippen LogP contribution in [-0.4, -0.2) is 24.2 Å². The summed E-state index contributed by atoms with van der Waals surface area (Å²) in [6.07, 6.45) is -4.65. The lowest BCUT2D eigenvalue weighted by atomic mass is 10.2. The van der Waals surface area contributed by atoms with E-state index in [-0.39, 0.29) is 18.1 Å². The molecule has 2 N–H and O–H groups in total. The molecular weight excluding hydrogens is 320 g/mol. The maximum Gasteiger partial charge on any atom is 0.417 e. The SMILES string of the molecule is O=C(NCCCl)C(=O)Nc1ccc(Cl)c(C(F)(F)F)c1. The van der Waals surface area contributed by atoms with Crippen LogP contribution in [0, 0.1) is 0 Å². The molecule has 1 rings (SSSR count). The van der Waals surface area contributed by atoms with Crippen LogP contribution in [0.25, 0.3) is 0 Å². The van der Waals surface area contributed by atoms with Gasteiger partial charge >= 0.3 is 18.0 Å². The Morgan fingerprint density at radius 1 is 1.20 bits per heavy atom. The van der Waals surface area contributed by atoms with Crippen molar-refractivity contribution in [1.29, 1.82) is 0 Å². The summed E-state index contributed by atoms with van der Waals surface area (Å²) in [4.78, 5) is 22.6. The van der Waals surface area contributed by atoms with Gasteiger partial charge in [0.15, 0.2) is 0 Å². The van der Waals surface area contributed by atoms with Gasteiger partial charge in [0.2, 0.25) is 0 Å². The number of alkyl halides is 4. The molecule has 0 fully saturated rings. The summed E-state index contributed by atoms with van der Waals surface area (Å²) in [6, 6.07) is 2.79. The molecule has 0 bridgehead atoms. The van der Waals surface area contributed by atoms with Crippen molar-refractivity contribution < 1.29 is 22.8 Å². The van der Waals surface area contributed by atoms with Gasteiger partial charge in [-0.05, 0) is 18.2 Å². The average molecular weight is 329 g/mol. The minimum absolute atomic E-state index is 0.0717. The maximum absolute atomic E-state index is 12.6. The molecule has 0 saturated heterocycles. The Morgan fingerprint density at radius 3 is 2.40 bits per heavy atom. The third-order valence-corrected chi connectivity index (χ3v) is 2.63. The summed E-state index contributed by atoms with van der Waals surface area (Å²) in [6.45, 7) is 0.0717. The second-order valence-corrected chi connectivity index (χ2v) is 4.38. The smallest absolute Gasteiger partial charge is 0.347 e. The summed E-state index contributed by atoms with van der Waals surface area (Å²) in [5.41, 5.74) is -1.29. The molecule has 110 valence electrons. The van der Waals surface area contributed by atoms with Crippen molar-refractivity contribution in [3.63, 3.8) is 0 Å². The number of carbonyl (C=O) groups is 2. The summed E-state index contributed by atoms with van der Waals surface area (Å²) in [5, 5.41) is 3.72. The molecule has 4 nitrogen and oxygen atoms in total. The molecule has 0 unspecified atom stereocenters. The van der Waals surface area contributed by atoms with Crippen molar-refractivity contribution in [3.05, 3.63) is 28.8 Å². The van der Waals surface area contributed by atoms with Crippen molar-refractivity contribution >= 4 is 40.7 Å². The average Bonchev–Trinajstić information content (AvgIpc) is 2.36. The van der Waals surface area contributed by atoms with Gasteiger partial charge in [0.1, 0.15) is 0 Å². The Hall–Kier alpha value is -1.47. The van der Waals surface area contributed by atoms with E-state index in [1.165, 1.54) is 0 Å². The maximum atomic E-state index is 12.6. The molecule has 0 radical (unpaired) electrons. The fourth-order valence-corrected chi connectivity index (χ4v) is 1.57. The second-order valence-electron chi connectivity index (χ2n) is 3.59. The number of nitrogens with one attached hydrogen (secondary N) is 2. The van der Waals surface area contributed by atoms with Crippen LogP contribution >= 0.6 is 23.2 Å². The van der Waals surface area contributed by atoms with Gasteiger partial charge in [-0.1, -0.05) is 11.6 Å². The van der Waals surface area contributed by atoms with Gasteiger partial charge in [-0.3, -0.25) is 9.59 Å². The van der Waals surface area contributed by atoms with Crippen LogP contribution in [-0.2, 0) is 15.8 Å². The number of hydrogen-bond acceptors (Lipinski definition) is 2. The summed E-state index contributed by atoms with van der Waals surface area (Å²) < 4.78 is 37.8. The predicted molar refractivity (Wildman–Crippen MR) is 68.8 cm³/mol. The largest absolute Gasteiger partial charge is 0.417 e. The van der Waals surface area contributed by atoms with Crippen LogP contribution in [0.1, 0.15) is 5.56 Å². The molecule has 0 aliphatic heterocycles. The molecule has 0 saturated carbocycles. The van der Waals surface area contributed by atoms with E-state index in [1.54, 1.807) is 0 Å². The number of anilines is 1. The third kappa shape index (κ3) is 4.57. The van der Waals surface area contributed by atoms with Crippen LogP contribution in [0.2, 0.25) is 5.02 Å². The lowest BCUT2D eigenvalue weighted by Gasteiger charge is -2.11. The van der Waals surface area contributed by atoms with Crippen LogP contribution in [0.3, 0.4) is 0 Å². The first-order chi connectivity index (χ1) is 9.25. The molecular formula is C11H9Cl2F3N2O2. The van der Waals surface area contributed by atoms with Gasteiger partial charge in [0.05, 0.1) is 10.6 Å². The zero-order valence-electron chi connectivity index (χ0n) is 9.85. The van der Waals surface area contributed by atoms with Gasteiger partial charge in [-0.2, -0.15) is 13.2 Å². The van der Waals surface area contributed by atoms with E-state index in [0.717, 1.165) is 12.1 Å². The van der Waals surface area contributed by atoms with Gasteiger partial charge in [-0.15, -0.1) is 11.6 Å². The van der Waals surface area contributed by atoms with Gasteiger partial charge in [-0.25, -0.2) is 0 Å². The third-order valence-electron chi connectivity index (χ3n) is 2.12. The van der Waals surface area contributed by atoms with E-state index in [4.69, 9.17) is 23.2 Å². The van der Waals surface area contributed by atoms with E-state index < -0.39 is 28.6 Å². The van der Waals surface area contributed by atoms with Crippen molar-refractivity contribution in [2.75, 3.05) is 17.7 Å². The molecule has 0 spiro atoms. The minimum atomic E-state index is -4.65. The Balaban J connectivity index is 2.84. The van der Waals surface area contributed by atoms with Crippen LogP contribution < -0.4 is 10.6 Å². The zero-order valence-corrected chi connectivity index (χ0v) is 11.4. The Kier molecular flexibility index (Phi) is 5.64. The molecule has 0 aliphatic carbocycles. The zero-order chi connectivity index (χ0) is 15.3. The number of carbonyl (C=O) groups excluding carboxylic acids is 2. The number of hydrogen-bond donors (Lipinski definition) is 2. The quantitative estimate of drug-likeness (QED) is 0.662. The fourth-order valence-electron chi connectivity index (χ4n) is 1.25. The van der Waals surface area contributed by atoms with E-state index in [1.807, 2.05) is 5.32 Å². The summed E-state index contributed by atoms with van der Waals surface area (Å²) in [5.74, 6) is -1.97. The van der Waals surface area contributed by atoms with E-state index in [9.17, 15) is 22.8 Å². The number of benzene rings is 1. The van der Waals surface area contributed by atoms with Crippen molar-refractivity contribution in [3.8, 4) is 0 Å². The number of halogens is 5. The standard InChI is InChI=1S/C11H9Cl2F3N2O2/c12-3-4-17-9(19)10(20)18-6-1-2-8(13)7(5-6)11(14,15)16/h1-2,5H,3-4H2,(H,17,19)(H,18,20). The molecule has 1 aromatic carbocycles. The highest BCUT2D eigenvalue weighted by molar-refractivity contribution is 6.39. The Bertz CT molecular complexity index is 521. The predicted octanol–water partition coefficient (Wildman–Crippen LogP) is 2.65. The van der Waals surface area contributed by atoms with Crippen molar-refractivity contribution in [2.24, 2.45) is 0 Å². The number of rotatable bonds is 3. The molecule has 20 heavy (non-hydrogen) atoms. The summed E-state index contributed by atoms with van der Waals surface area (Å²) >= 11 is 10.7. The highest BCUT2D eigenvalue weighted by atomic mass is 35.5. The second kappa shape index (κ2) is 6.81. The summed E-state index contributed by atoms with van der Waals surface area (Å²) in [7, 11) is 0. The highest BCUT2D eigenvalue weighted by Crippen LogP contribution is 2.36. The molecule has 9 heteroatoms. The first kappa shape index (κ1) is 16.6. The number of amides is 2. The van der Waals surface area contributed by atoms with Crippen molar-refractivity contribution in [1.82, 2.24) is 5.32 Å². The first-order valence-electron chi connectivity index (χ1n) is 5.27. The highest BCUT2D eigenvalue weighted by Gasteiger charge is 2.33. The Morgan fingerprint density at radius 2 is 1.85 bits per heavy atom. The first-order valence-corrected chi connectivity index (χ1v) is 6.19. The molecule has 0 aliphatic rings. The van der Waals surface area contributed by atoms with Crippen LogP contribution in [0.15, 0.2) is 18.2 Å². The van der Waals surface area contributed by atoms with Gasteiger partial charge < -0.3 is 10.6 Å². The van der Waals surface area contributed by atoms with Gasteiger partial charge in [0.25, 0.3) is 0 Å². The van der Waals surface area contributed by atoms with Crippen LogP contribution in [0.5, 0.6) is 0 Å². The van der Waals surface area contributed by atoms with E-state index in [2.05, 4.69) is 5.32 Å². The van der Waals surface area contributed by atoms with E-state index in [0.29, 0.717) is 6.07 Å². The van der Waals surface area contributed by atoms with Crippen LogP contribution in [0.4, 0.5) is 18.9 Å². The van der Waals surface area contributed by atoms with Crippen molar-refractivity contribution in [2.45, 2.75) is 6.18 Å². The molecule has 0 heterocycles. The minimum Gasteiger partial charge on any atom is -0.347 e. The Labute approximate surface area is 122 Å². The topological polar surface area (TPSA) is 58.2 Å².